The highest BCUT2D eigenvalue weighted by Gasteiger charge is 2.02. The first kappa shape index (κ1) is 13.8. The number of methoxy groups -OCH3 is 1. The molecule has 3 nitrogen and oxygen atoms in total. The molecule has 19 heavy (non-hydrogen) atoms. The largest absolute Gasteiger partial charge is 0.383 e. The first-order valence-electron chi connectivity index (χ1n) is 6.62. The first-order chi connectivity index (χ1) is 9.20. The monoisotopic (exact) mass is 258 g/mol. The van der Waals surface area contributed by atoms with E-state index in [4.69, 9.17) is 4.74 Å². The van der Waals surface area contributed by atoms with E-state index in [1.807, 2.05) is 0 Å². The summed E-state index contributed by atoms with van der Waals surface area (Å²) in [6.45, 7) is 9.41. The molecular formula is C16H22N2O. The first-order valence-corrected chi connectivity index (χ1v) is 6.62. The van der Waals surface area contributed by atoms with E-state index >= 15 is 0 Å². The van der Waals surface area contributed by atoms with Crippen molar-refractivity contribution < 1.29 is 4.74 Å². The zero-order chi connectivity index (χ0) is 13.7. The average molecular weight is 258 g/mol. The minimum Gasteiger partial charge on any atom is -0.383 e. The molecule has 1 aromatic heterocycles. The Labute approximate surface area is 114 Å². The Bertz CT molecular complexity index is 557. The van der Waals surface area contributed by atoms with Crippen molar-refractivity contribution in [3.05, 3.63) is 48.2 Å². The number of allylic oxidation sites excluding steroid dienone is 1. The van der Waals surface area contributed by atoms with Crippen LogP contribution in [0.2, 0.25) is 0 Å². The van der Waals surface area contributed by atoms with Gasteiger partial charge in [0.2, 0.25) is 0 Å². The molecule has 0 amide bonds. The van der Waals surface area contributed by atoms with Gasteiger partial charge in [-0.25, -0.2) is 0 Å². The SMILES string of the molecule is C=C(C)Cn1ccc2ccc(CNCCOC)cc21. The Kier molecular flexibility index (Phi) is 4.77. The number of hydrogen-bond donors (Lipinski definition) is 1. The van der Waals surface area contributed by atoms with Gasteiger partial charge in [-0.1, -0.05) is 24.3 Å². The maximum Gasteiger partial charge on any atom is 0.0587 e. The van der Waals surface area contributed by atoms with Crippen LogP contribution < -0.4 is 5.32 Å². The van der Waals surface area contributed by atoms with E-state index in [0.717, 1.165) is 26.2 Å². The number of benzene rings is 1. The van der Waals surface area contributed by atoms with Crippen LogP contribution in [0.1, 0.15) is 12.5 Å². The fourth-order valence-electron chi connectivity index (χ4n) is 2.18. The molecule has 0 saturated heterocycles. The lowest BCUT2D eigenvalue weighted by Crippen LogP contribution is -2.18. The van der Waals surface area contributed by atoms with Crippen LogP contribution >= 0.6 is 0 Å². The summed E-state index contributed by atoms with van der Waals surface area (Å²) in [4.78, 5) is 0. The van der Waals surface area contributed by atoms with Crippen LogP contribution in [0.5, 0.6) is 0 Å². The molecule has 0 aliphatic heterocycles. The molecule has 0 aliphatic carbocycles. The van der Waals surface area contributed by atoms with Gasteiger partial charge in [-0.3, -0.25) is 0 Å². The maximum absolute atomic E-state index is 5.02. The summed E-state index contributed by atoms with van der Waals surface area (Å²) in [6, 6.07) is 8.75. The number of nitrogens with zero attached hydrogens (tertiary/aromatic N) is 1. The van der Waals surface area contributed by atoms with Gasteiger partial charge in [0.25, 0.3) is 0 Å². The Hall–Kier alpha value is -1.58. The summed E-state index contributed by atoms with van der Waals surface area (Å²) in [5.41, 5.74) is 3.74. The smallest absolute Gasteiger partial charge is 0.0587 e. The summed E-state index contributed by atoms with van der Waals surface area (Å²) < 4.78 is 7.27. The lowest BCUT2D eigenvalue weighted by Gasteiger charge is -2.08. The van der Waals surface area contributed by atoms with E-state index in [-0.39, 0.29) is 0 Å². The molecule has 0 atom stereocenters. The van der Waals surface area contributed by atoms with Crippen molar-refractivity contribution in [1.29, 1.82) is 0 Å². The van der Waals surface area contributed by atoms with E-state index in [9.17, 15) is 0 Å². The minimum atomic E-state index is 0.744. The van der Waals surface area contributed by atoms with E-state index in [2.05, 4.69) is 53.8 Å². The van der Waals surface area contributed by atoms with E-state index < -0.39 is 0 Å². The predicted octanol–water partition coefficient (Wildman–Crippen LogP) is 2.95. The van der Waals surface area contributed by atoms with Crippen molar-refractivity contribution in [3.8, 4) is 0 Å². The van der Waals surface area contributed by atoms with Crippen LogP contribution in [0, 0.1) is 0 Å². The molecule has 0 bridgehead atoms. The third kappa shape index (κ3) is 3.69. The van der Waals surface area contributed by atoms with Crippen molar-refractivity contribution in [1.82, 2.24) is 9.88 Å². The number of nitrogens with one attached hydrogen (secondary N) is 1. The van der Waals surface area contributed by atoms with Crippen molar-refractivity contribution >= 4 is 10.9 Å². The normalized spacial score (nSPS) is 11.1. The predicted molar refractivity (Wildman–Crippen MR) is 80.3 cm³/mol. The van der Waals surface area contributed by atoms with Gasteiger partial charge in [0.05, 0.1) is 6.61 Å². The molecule has 1 aromatic carbocycles. The molecule has 102 valence electrons. The molecular weight excluding hydrogens is 236 g/mol. The van der Waals surface area contributed by atoms with Crippen LogP contribution in [0.15, 0.2) is 42.6 Å². The van der Waals surface area contributed by atoms with Gasteiger partial charge in [0.1, 0.15) is 0 Å². The second-order valence-electron chi connectivity index (χ2n) is 4.96. The van der Waals surface area contributed by atoms with Crippen molar-refractivity contribution in [2.24, 2.45) is 0 Å². The lowest BCUT2D eigenvalue weighted by atomic mass is 10.1. The molecule has 0 unspecified atom stereocenters. The number of fused-ring (bicyclic) bond motifs is 1. The third-order valence-electron chi connectivity index (χ3n) is 3.09. The van der Waals surface area contributed by atoms with E-state index in [1.54, 1.807) is 7.11 Å². The van der Waals surface area contributed by atoms with Crippen molar-refractivity contribution in [2.45, 2.75) is 20.0 Å². The van der Waals surface area contributed by atoms with Gasteiger partial charge in [-0.05, 0) is 30.0 Å². The van der Waals surface area contributed by atoms with Crippen LogP contribution in [0.25, 0.3) is 10.9 Å². The zero-order valence-electron chi connectivity index (χ0n) is 11.8. The molecule has 2 aromatic rings. The van der Waals surface area contributed by atoms with E-state index in [0.29, 0.717) is 0 Å². The van der Waals surface area contributed by atoms with Crippen molar-refractivity contribution in [3.63, 3.8) is 0 Å². The molecule has 1 N–H and O–H groups in total. The second kappa shape index (κ2) is 6.55. The summed E-state index contributed by atoms with van der Waals surface area (Å²) in [6.07, 6.45) is 2.13. The van der Waals surface area contributed by atoms with Crippen LogP contribution in [-0.4, -0.2) is 24.8 Å². The lowest BCUT2D eigenvalue weighted by molar-refractivity contribution is 0.199. The molecule has 2 rings (SSSR count). The Morgan fingerprint density at radius 3 is 2.95 bits per heavy atom. The molecule has 0 spiro atoms. The van der Waals surface area contributed by atoms with Gasteiger partial charge in [-0.2, -0.15) is 0 Å². The highest BCUT2D eigenvalue weighted by molar-refractivity contribution is 5.80. The molecule has 3 heteroatoms. The van der Waals surface area contributed by atoms with Crippen LogP contribution in [0.4, 0.5) is 0 Å². The molecule has 0 aliphatic rings. The third-order valence-corrected chi connectivity index (χ3v) is 3.09. The Balaban J connectivity index is 2.11. The van der Waals surface area contributed by atoms with Gasteiger partial charge in [-0.15, -0.1) is 0 Å². The summed E-state index contributed by atoms with van der Waals surface area (Å²) in [5.74, 6) is 0. The standard InChI is InChI=1S/C16H22N2O/c1-13(2)12-18-8-6-15-5-4-14(10-16(15)18)11-17-7-9-19-3/h4-6,8,10,17H,1,7,9,11-12H2,2-3H3. The fourth-order valence-corrected chi connectivity index (χ4v) is 2.18. The number of aromatic nitrogens is 1. The van der Waals surface area contributed by atoms with Crippen LogP contribution in [0.3, 0.4) is 0 Å². The molecule has 1 heterocycles. The van der Waals surface area contributed by atoms with Gasteiger partial charge in [0, 0.05) is 38.5 Å². The highest BCUT2D eigenvalue weighted by atomic mass is 16.5. The van der Waals surface area contributed by atoms with Gasteiger partial charge in [0.15, 0.2) is 0 Å². The highest BCUT2D eigenvalue weighted by Crippen LogP contribution is 2.18. The topological polar surface area (TPSA) is 26.2 Å². The summed E-state index contributed by atoms with van der Waals surface area (Å²) in [5, 5.41) is 4.65. The van der Waals surface area contributed by atoms with Crippen LogP contribution in [-0.2, 0) is 17.8 Å². The Morgan fingerprint density at radius 1 is 1.37 bits per heavy atom. The molecule has 0 fully saturated rings. The summed E-state index contributed by atoms with van der Waals surface area (Å²) in [7, 11) is 1.72. The zero-order valence-corrected chi connectivity index (χ0v) is 11.8. The molecule has 0 saturated carbocycles. The minimum absolute atomic E-state index is 0.744. The van der Waals surface area contributed by atoms with Gasteiger partial charge < -0.3 is 14.6 Å². The van der Waals surface area contributed by atoms with Crippen molar-refractivity contribution in [2.75, 3.05) is 20.3 Å². The Morgan fingerprint density at radius 2 is 2.21 bits per heavy atom. The van der Waals surface area contributed by atoms with E-state index in [1.165, 1.54) is 22.0 Å². The number of ether oxygens (including phenoxy) is 1. The summed E-state index contributed by atoms with van der Waals surface area (Å²) >= 11 is 0. The number of hydrogen-bond acceptors (Lipinski definition) is 2. The average Bonchev–Trinajstić information content (AvgIpc) is 2.77. The molecule has 0 radical (unpaired) electrons. The number of rotatable bonds is 7. The van der Waals surface area contributed by atoms with Gasteiger partial charge >= 0.3 is 0 Å². The maximum atomic E-state index is 5.02. The quantitative estimate of drug-likeness (QED) is 0.610. The fraction of sp³-hybridized carbons (Fsp3) is 0.375. The second-order valence-corrected chi connectivity index (χ2v) is 4.96.